The Morgan fingerprint density at radius 1 is 1.21 bits per heavy atom. The Bertz CT molecular complexity index is 836. The monoisotopic (exact) mass is 402 g/mol. The molecule has 1 aromatic rings. The van der Waals surface area contributed by atoms with Crippen molar-refractivity contribution in [2.75, 3.05) is 13.1 Å². The average Bonchev–Trinajstić information content (AvgIpc) is 3.31. The van der Waals surface area contributed by atoms with Crippen LogP contribution in [0.5, 0.6) is 0 Å². The lowest BCUT2D eigenvalue weighted by Crippen LogP contribution is -2.45. The van der Waals surface area contributed by atoms with Crippen LogP contribution < -0.4 is 11.1 Å². The molecule has 4 rings (SSSR count). The van der Waals surface area contributed by atoms with Crippen molar-refractivity contribution in [1.82, 2.24) is 14.8 Å². The van der Waals surface area contributed by atoms with Gasteiger partial charge in [-0.05, 0) is 25.2 Å². The summed E-state index contributed by atoms with van der Waals surface area (Å²) >= 11 is 6.62. The Morgan fingerprint density at radius 2 is 2.00 bits per heavy atom. The van der Waals surface area contributed by atoms with Crippen molar-refractivity contribution in [1.29, 1.82) is 0 Å². The highest BCUT2D eigenvalue weighted by molar-refractivity contribution is 6.35. The van der Waals surface area contributed by atoms with Gasteiger partial charge in [0.2, 0.25) is 0 Å². The number of amides is 3. The van der Waals surface area contributed by atoms with E-state index in [-0.39, 0.29) is 11.9 Å². The largest absolute Gasteiger partial charge is 0.365 e. The van der Waals surface area contributed by atoms with Crippen molar-refractivity contribution >= 4 is 23.5 Å². The fourth-order valence-electron chi connectivity index (χ4n) is 4.68. The molecule has 0 saturated heterocycles. The normalized spacial score (nSPS) is 21.8. The molecule has 0 bridgehead atoms. The molecular weight excluding hydrogens is 376 g/mol. The predicted molar refractivity (Wildman–Crippen MR) is 109 cm³/mol. The van der Waals surface area contributed by atoms with Gasteiger partial charge >= 0.3 is 6.03 Å². The Kier molecular flexibility index (Phi) is 5.49. The zero-order valence-corrected chi connectivity index (χ0v) is 16.8. The van der Waals surface area contributed by atoms with Crippen molar-refractivity contribution < 1.29 is 9.59 Å². The molecule has 150 valence electrons. The van der Waals surface area contributed by atoms with Crippen molar-refractivity contribution in [3.05, 3.63) is 46.3 Å². The Labute approximate surface area is 170 Å². The van der Waals surface area contributed by atoms with Crippen LogP contribution in [-0.4, -0.2) is 34.5 Å². The SMILES string of the molecule is NC(=O)c1c(Cl)c(C2C=CC=CC2)n2c1CN(C(=O)NCC1CCCC1)CC2. The topological polar surface area (TPSA) is 80.4 Å². The Balaban J connectivity index is 1.55. The first-order valence-corrected chi connectivity index (χ1v) is 10.5. The number of aromatic nitrogens is 1. The summed E-state index contributed by atoms with van der Waals surface area (Å²) in [5, 5.41) is 3.50. The second-order valence-corrected chi connectivity index (χ2v) is 8.33. The van der Waals surface area contributed by atoms with E-state index in [0.717, 1.165) is 24.4 Å². The van der Waals surface area contributed by atoms with Crippen LogP contribution in [-0.2, 0) is 13.1 Å². The number of fused-ring (bicyclic) bond motifs is 1. The van der Waals surface area contributed by atoms with Crippen LogP contribution >= 0.6 is 11.6 Å². The van der Waals surface area contributed by atoms with E-state index < -0.39 is 5.91 Å². The predicted octanol–water partition coefficient (Wildman–Crippen LogP) is 3.56. The first-order chi connectivity index (χ1) is 13.6. The molecule has 3 amide bonds. The van der Waals surface area contributed by atoms with Crippen molar-refractivity contribution in [2.24, 2.45) is 11.7 Å². The minimum atomic E-state index is -0.538. The number of urea groups is 1. The van der Waals surface area contributed by atoms with Crippen LogP contribution in [0.4, 0.5) is 4.79 Å². The number of carbonyl (C=O) groups is 2. The van der Waals surface area contributed by atoms with Crippen LogP contribution in [0.25, 0.3) is 0 Å². The molecule has 3 N–H and O–H groups in total. The molecule has 0 spiro atoms. The molecule has 0 aromatic carbocycles. The third-order valence-corrected chi connectivity index (χ3v) is 6.55. The molecule has 1 unspecified atom stereocenters. The number of allylic oxidation sites excluding steroid dienone is 4. The summed E-state index contributed by atoms with van der Waals surface area (Å²) in [5.41, 5.74) is 7.69. The number of nitrogens with two attached hydrogens (primary N) is 1. The minimum Gasteiger partial charge on any atom is -0.365 e. The van der Waals surface area contributed by atoms with E-state index in [4.69, 9.17) is 17.3 Å². The van der Waals surface area contributed by atoms with Crippen molar-refractivity contribution in [3.8, 4) is 0 Å². The molecule has 6 nitrogen and oxygen atoms in total. The maximum atomic E-state index is 12.7. The fourth-order valence-corrected chi connectivity index (χ4v) is 5.13. The van der Waals surface area contributed by atoms with Crippen molar-refractivity contribution in [3.63, 3.8) is 0 Å². The fraction of sp³-hybridized carbons (Fsp3) is 0.524. The van der Waals surface area contributed by atoms with Crippen LogP contribution in [0.15, 0.2) is 24.3 Å². The Hall–Kier alpha value is -2.21. The number of carbonyl (C=O) groups excluding carboxylic acids is 2. The lowest BCUT2D eigenvalue weighted by atomic mass is 9.97. The second kappa shape index (κ2) is 8.03. The van der Waals surface area contributed by atoms with E-state index in [0.29, 0.717) is 36.1 Å². The van der Waals surface area contributed by atoms with Crippen LogP contribution in [0, 0.1) is 5.92 Å². The summed E-state index contributed by atoms with van der Waals surface area (Å²) < 4.78 is 2.09. The number of rotatable bonds is 4. The molecule has 28 heavy (non-hydrogen) atoms. The molecule has 0 radical (unpaired) electrons. The number of halogens is 1. The molecular formula is C21H27ClN4O2. The quantitative estimate of drug-likeness (QED) is 0.807. The lowest BCUT2D eigenvalue weighted by Gasteiger charge is -2.31. The maximum absolute atomic E-state index is 12.7. The van der Waals surface area contributed by atoms with E-state index in [1.54, 1.807) is 4.90 Å². The zero-order chi connectivity index (χ0) is 19.7. The van der Waals surface area contributed by atoms with Crippen LogP contribution in [0.1, 0.15) is 59.8 Å². The van der Waals surface area contributed by atoms with Gasteiger partial charge in [-0.15, -0.1) is 0 Å². The summed E-state index contributed by atoms with van der Waals surface area (Å²) in [6.45, 7) is 2.28. The van der Waals surface area contributed by atoms with Gasteiger partial charge in [0.1, 0.15) is 0 Å². The summed E-state index contributed by atoms with van der Waals surface area (Å²) in [4.78, 5) is 26.6. The highest BCUT2D eigenvalue weighted by Crippen LogP contribution is 2.38. The summed E-state index contributed by atoms with van der Waals surface area (Å²) in [5.74, 6) is 0.168. The summed E-state index contributed by atoms with van der Waals surface area (Å²) in [7, 11) is 0. The van der Waals surface area contributed by atoms with Gasteiger partial charge in [0.15, 0.2) is 0 Å². The minimum absolute atomic E-state index is 0.0760. The number of nitrogens with one attached hydrogen (secondary N) is 1. The maximum Gasteiger partial charge on any atom is 0.317 e. The van der Waals surface area contributed by atoms with Gasteiger partial charge in [0.25, 0.3) is 5.91 Å². The van der Waals surface area contributed by atoms with Gasteiger partial charge in [-0.2, -0.15) is 0 Å². The highest BCUT2D eigenvalue weighted by Gasteiger charge is 2.33. The molecule has 1 saturated carbocycles. The summed E-state index contributed by atoms with van der Waals surface area (Å²) in [6, 6.07) is -0.0760. The lowest BCUT2D eigenvalue weighted by molar-refractivity contribution is 0.0997. The van der Waals surface area contributed by atoms with Crippen molar-refractivity contribution in [2.45, 2.75) is 51.1 Å². The van der Waals surface area contributed by atoms with E-state index in [1.807, 2.05) is 12.2 Å². The second-order valence-electron chi connectivity index (χ2n) is 7.95. The summed E-state index contributed by atoms with van der Waals surface area (Å²) in [6.07, 6.45) is 13.9. The van der Waals surface area contributed by atoms with Gasteiger partial charge in [-0.1, -0.05) is 48.7 Å². The molecule has 7 heteroatoms. The van der Waals surface area contributed by atoms with E-state index in [1.165, 1.54) is 25.7 Å². The van der Waals surface area contributed by atoms with Crippen LogP contribution in [0.2, 0.25) is 5.02 Å². The van der Waals surface area contributed by atoms with Gasteiger partial charge in [0.05, 0.1) is 22.8 Å². The Morgan fingerprint density at radius 3 is 2.68 bits per heavy atom. The average molecular weight is 403 g/mol. The number of hydrogen-bond donors (Lipinski definition) is 2. The van der Waals surface area contributed by atoms with E-state index in [2.05, 4.69) is 22.0 Å². The van der Waals surface area contributed by atoms with E-state index in [9.17, 15) is 9.59 Å². The third kappa shape index (κ3) is 3.58. The molecule has 2 aliphatic carbocycles. The first-order valence-electron chi connectivity index (χ1n) is 10.1. The van der Waals surface area contributed by atoms with Gasteiger partial charge in [0, 0.05) is 31.2 Å². The number of hydrogen-bond acceptors (Lipinski definition) is 2. The van der Waals surface area contributed by atoms with E-state index >= 15 is 0 Å². The van der Waals surface area contributed by atoms with Gasteiger partial charge < -0.3 is 20.5 Å². The van der Waals surface area contributed by atoms with Crippen LogP contribution in [0.3, 0.4) is 0 Å². The molecule has 3 aliphatic rings. The molecule has 1 aromatic heterocycles. The highest BCUT2D eigenvalue weighted by atomic mass is 35.5. The standard InChI is InChI=1S/C21H27ClN4O2/c22-18-17(20(23)27)16-13-25(21(28)24-12-14-6-4-5-7-14)10-11-26(16)19(18)15-8-2-1-3-9-15/h1-3,8,14-15H,4-7,9-13H2,(H2,23,27)(H,24,28). The number of nitrogens with zero attached hydrogens (tertiary/aromatic N) is 2. The number of primary amides is 1. The molecule has 1 atom stereocenters. The first kappa shape index (κ1) is 19.1. The molecule has 1 aliphatic heterocycles. The zero-order valence-electron chi connectivity index (χ0n) is 16.0. The third-order valence-electron chi connectivity index (χ3n) is 6.17. The molecule has 2 heterocycles. The van der Waals surface area contributed by atoms with Gasteiger partial charge in [-0.25, -0.2) is 4.79 Å². The molecule has 1 fully saturated rings. The van der Waals surface area contributed by atoms with Gasteiger partial charge in [-0.3, -0.25) is 4.79 Å². The smallest absolute Gasteiger partial charge is 0.317 e.